The molecule has 58 heavy (non-hydrogen) atoms. The van der Waals surface area contributed by atoms with Crippen LogP contribution in [0.1, 0.15) is 53.1 Å². The summed E-state index contributed by atoms with van der Waals surface area (Å²) in [5.74, 6) is 2.31. The molecule has 12 rings (SSSR count). The van der Waals surface area contributed by atoms with Crippen LogP contribution in [0.2, 0.25) is 0 Å². The Kier molecular flexibility index (Phi) is 7.05. The Morgan fingerprint density at radius 3 is 2.07 bits per heavy atom. The number of ether oxygens (including phenoxy) is 1. The van der Waals surface area contributed by atoms with E-state index in [1.807, 2.05) is 0 Å². The summed E-state index contributed by atoms with van der Waals surface area (Å²) in [6.45, 7) is 4.73. The van der Waals surface area contributed by atoms with Gasteiger partial charge in [-0.3, -0.25) is 0 Å². The SMILES string of the molecule is CC1(C)c2ccccc2-c2ccc(N(c3ccc4c(c3)Oc3ccccc3C43c4ccccc4C4C=CC=CC43)c3ccc4ccccc4c3-c3ccccc3)cc21. The average molecular weight is 744 g/mol. The highest BCUT2D eigenvalue weighted by atomic mass is 16.5. The van der Waals surface area contributed by atoms with Gasteiger partial charge in [0.25, 0.3) is 0 Å². The lowest BCUT2D eigenvalue weighted by Crippen LogP contribution is -2.37. The van der Waals surface area contributed by atoms with E-state index >= 15 is 0 Å². The minimum Gasteiger partial charge on any atom is -0.457 e. The van der Waals surface area contributed by atoms with Crippen molar-refractivity contribution in [3.8, 4) is 33.8 Å². The van der Waals surface area contributed by atoms with E-state index in [0.29, 0.717) is 0 Å². The molecule has 2 heteroatoms. The van der Waals surface area contributed by atoms with Gasteiger partial charge in [0.1, 0.15) is 11.5 Å². The number of allylic oxidation sites excluding steroid dienone is 4. The van der Waals surface area contributed by atoms with Gasteiger partial charge in [-0.15, -0.1) is 0 Å². The maximum atomic E-state index is 7.09. The fraction of sp³-hybridized carbons (Fsp3) is 0.107. The number of hydrogen-bond donors (Lipinski definition) is 0. The van der Waals surface area contributed by atoms with Gasteiger partial charge in [0, 0.05) is 51.4 Å². The van der Waals surface area contributed by atoms with Gasteiger partial charge < -0.3 is 9.64 Å². The first-order chi connectivity index (χ1) is 28.5. The molecule has 3 aliphatic carbocycles. The number of rotatable bonds is 4. The number of benzene rings is 8. The molecule has 0 N–H and O–H groups in total. The Bertz CT molecular complexity index is 3040. The van der Waals surface area contributed by atoms with Gasteiger partial charge in [-0.05, 0) is 80.0 Å². The van der Waals surface area contributed by atoms with Gasteiger partial charge in [-0.1, -0.05) is 178 Å². The summed E-state index contributed by atoms with van der Waals surface area (Å²) < 4.78 is 7.09. The molecule has 8 aromatic carbocycles. The molecule has 0 bridgehead atoms. The van der Waals surface area contributed by atoms with E-state index in [1.54, 1.807) is 0 Å². The second-order valence-electron chi connectivity index (χ2n) is 16.8. The largest absolute Gasteiger partial charge is 0.457 e. The third kappa shape index (κ3) is 4.49. The minimum absolute atomic E-state index is 0.150. The highest BCUT2D eigenvalue weighted by Crippen LogP contribution is 2.65. The van der Waals surface area contributed by atoms with E-state index in [9.17, 15) is 0 Å². The van der Waals surface area contributed by atoms with Crippen molar-refractivity contribution in [2.75, 3.05) is 4.90 Å². The Hall–Kier alpha value is -6.90. The third-order valence-corrected chi connectivity index (χ3v) is 13.6. The van der Waals surface area contributed by atoms with Crippen LogP contribution in [0, 0.1) is 5.92 Å². The van der Waals surface area contributed by atoms with E-state index in [2.05, 4.69) is 219 Å². The van der Waals surface area contributed by atoms with Crippen LogP contribution in [0.25, 0.3) is 33.0 Å². The molecule has 0 amide bonds. The Labute approximate surface area is 340 Å². The van der Waals surface area contributed by atoms with E-state index in [1.165, 1.54) is 66.4 Å². The van der Waals surface area contributed by atoms with E-state index in [0.717, 1.165) is 28.6 Å². The predicted octanol–water partition coefficient (Wildman–Crippen LogP) is 14.6. The number of para-hydroxylation sites is 1. The van der Waals surface area contributed by atoms with Crippen LogP contribution in [0.5, 0.6) is 11.5 Å². The van der Waals surface area contributed by atoms with Crippen molar-refractivity contribution in [2.24, 2.45) is 5.92 Å². The van der Waals surface area contributed by atoms with Crippen LogP contribution in [-0.2, 0) is 10.8 Å². The van der Waals surface area contributed by atoms with Crippen LogP contribution in [0.3, 0.4) is 0 Å². The van der Waals surface area contributed by atoms with Gasteiger partial charge in [0.2, 0.25) is 0 Å². The molecule has 0 fully saturated rings. The van der Waals surface area contributed by atoms with Crippen molar-refractivity contribution >= 4 is 27.8 Å². The van der Waals surface area contributed by atoms with E-state index in [4.69, 9.17) is 4.74 Å². The van der Waals surface area contributed by atoms with Crippen molar-refractivity contribution in [2.45, 2.75) is 30.6 Å². The van der Waals surface area contributed by atoms with Gasteiger partial charge in [-0.25, -0.2) is 0 Å². The summed E-state index contributed by atoms with van der Waals surface area (Å²) in [7, 11) is 0. The lowest BCUT2D eigenvalue weighted by Gasteiger charge is -2.43. The molecule has 2 nitrogen and oxygen atoms in total. The summed E-state index contributed by atoms with van der Waals surface area (Å²) in [4.78, 5) is 2.47. The number of anilines is 3. The zero-order valence-electron chi connectivity index (χ0n) is 32.6. The number of hydrogen-bond acceptors (Lipinski definition) is 2. The molecule has 0 radical (unpaired) electrons. The third-order valence-electron chi connectivity index (χ3n) is 13.6. The molecule has 3 atom stereocenters. The summed E-state index contributed by atoms with van der Waals surface area (Å²) in [6, 6.07) is 65.0. The molecule has 8 aromatic rings. The zero-order chi connectivity index (χ0) is 38.6. The molecular weight excluding hydrogens is 703 g/mol. The Balaban J connectivity index is 1.13. The summed E-state index contributed by atoms with van der Waals surface area (Å²) in [5.41, 5.74) is 15.7. The Morgan fingerprint density at radius 1 is 0.500 bits per heavy atom. The van der Waals surface area contributed by atoms with Crippen LogP contribution in [-0.4, -0.2) is 0 Å². The van der Waals surface area contributed by atoms with Gasteiger partial charge in [0.05, 0.1) is 11.1 Å². The molecule has 1 aliphatic heterocycles. The fourth-order valence-electron chi connectivity index (χ4n) is 11.1. The molecule has 1 heterocycles. The first-order valence-electron chi connectivity index (χ1n) is 20.5. The quantitative estimate of drug-likeness (QED) is 0.178. The molecule has 3 unspecified atom stereocenters. The molecule has 276 valence electrons. The van der Waals surface area contributed by atoms with Crippen LogP contribution >= 0.6 is 0 Å². The van der Waals surface area contributed by atoms with E-state index < -0.39 is 5.41 Å². The molecule has 0 saturated carbocycles. The van der Waals surface area contributed by atoms with Crippen molar-refractivity contribution in [3.63, 3.8) is 0 Å². The molecule has 0 aromatic heterocycles. The minimum atomic E-state index is -0.405. The van der Waals surface area contributed by atoms with Crippen molar-refractivity contribution in [1.29, 1.82) is 0 Å². The Morgan fingerprint density at radius 2 is 1.17 bits per heavy atom. The van der Waals surface area contributed by atoms with Crippen molar-refractivity contribution in [3.05, 3.63) is 234 Å². The molecular formula is C56H41NO. The van der Waals surface area contributed by atoms with Crippen LogP contribution in [0.15, 0.2) is 200 Å². The zero-order valence-corrected chi connectivity index (χ0v) is 32.6. The maximum absolute atomic E-state index is 7.09. The first kappa shape index (κ1) is 33.3. The molecule has 0 saturated heterocycles. The van der Waals surface area contributed by atoms with Gasteiger partial charge in [0.15, 0.2) is 0 Å². The van der Waals surface area contributed by atoms with E-state index in [-0.39, 0.29) is 17.3 Å². The smallest absolute Gasteiger partial charge is 0.134 e. The number of nitrogens with zero attached hydrogens (tertiary/aromatic N) is 1. The highest BCUT2D eigenvalue weighted by Gasteiger charge is 2.56. The van der Waals surface area contributed by atoms with Gasteiger partial charge >= 0.3 is 0 Å². The predicted molar refractivity (Wildman–Crippen MR) is 239 cm³/mol. The normalized spacial score (nSPS) is 19.8. The molecule has 4 aliphatic rings. The first-order valence-corrected chi connectivity index (χ1v) is 20.5. The monoisotopic (exact) mass is 743 g/mol. The summed E-state index contributed by atoms with van der Waals surface area (Å²) in [5, 5.41) is 2.44. The summed E-state index contributed by atoms with van der Waals surface area (Å²) in [6.07, 6.45) is 9.28. The second kappa shape index (κ2) is 12.3. The standard InChI is InChI=1S/C56H41NO/c1-55(2)45-23-11-8-20-41(45)44-31-29-38(34-50(44)55)57(51-33-28-36-16-6-7-19-40(36)54(51)37-17-4-3-5-18-37)39-30-32-49-53(35-39)58-52-27-15-14-26-48(52)56(49)46-24-12-9-21-42(46)43-22-10-13-25-47(43)56/h3-35,42,46H,1-2H3. The fourth-order valence-corrected chi connectivity index (χ4v) is 11.1. The average Bonchev–Trinajstić information content (AvgIpc) is 3.69. The topological polar surface area (TPSA) is 12.5 Å². The summed E-state index contributed by atoms with van der Waals surface area (Å²) >= 11 is 0. The lowest BCUT2D eigenvalue weighted by molar-refractivity contribution is 0.374. The lowest BCUT2D eigenvalue weighted by atomic mass is 9.62. The number of fused-ring (bicyclic) bond motifs is 13. The van der Waals surface area contributed by atoms with Gasteiger partial charge in [-0.2, -0.15) is 0 Å². The van der Waals surface area contributed by atoms with Crippen molar-refractivity contribution < 1.29 is 4.74 Å². The van der Waals surface area contributed by atoms with Crippen LogP contribution < -0.4 is 9.64 Å². The van der Waals surface area contributed by atoms with Crippen molar-refractivity contribution in [1.82, 2.24) is 0 Å². The maximum Gasteiger partial charge on any atom is 0.134 e. The highest BCUT2D eigenvalue weighted by molar-refractivity contribution is 6.05. The molecule has 1 spiro atoms. The van der Waals surface area contributed by atoms with Crippen LogP contribution in [0.4, 0.5) is 17.1 Å². The second-order valence-corrected chi connectivity index (χ2v) is 16.8.